The fraction of sp³-hybridized carbons (Fsp3) is 0.0714. The maximum atomic E-state index is 13.5. The number of carbonyl (C=O) groups excluding carboxylic acids is 2. The average molecular weight is 471 g/mol. The summed E-state index contributed by atoms with van der Waals surface area (Å²) in [5.74, 6) is -0.795. The van der Waals surface area contributed by atoms with Gasteiger partial charge in [-0.15, -0.1) is 0 Å². The fourth-order valence-electron chi connectivity index (χ4n) is 4.30. The van der Waals surface area contributed by atoms with Crippen LogP contribution in [0.1, 0.15) is 37.4 Å². The van der Waals surface area contributed by atoms with Crippen molar-refractivity contribution in [3.05, 3.63) is 119 Å². The molecule has 173 valence electrons. The van der Waals surface area contributed by atoms with Crippen LogP contribution in [-0.2, 0) is 12.7 Å². The second-order valence-corrected chi connectivity index (χ2v) is 8.19. The number of halogens is 3. The predicted molar refractivity (Wildman–Crippen MR) is 127 cm³/mol. The molecular weight excluding hydrogens is 453 g/mol. The molecule has 1 heterocycles. The summed E-state index contributed by atoms with van der Waals surface area (Å²) in [6.07, 6.45) is -4.54. The van der Waals surface area contributed by atoms with Gasteiger partial charge in [0.05, 0.1) is 16.6 Å². The van der Waals surface area contributed by atoms with Crippen molar-refractivity contribution in [1.82, 2.24) is 4.57 Å². The first-order valence-electron chi connectivity index (χ1n) is 10.8. The molecule has 1 amide bonds. The van der Waals surface area contributed by atoms with Crippen molar-refractivity contribution in [3.8, 4) is 0 Å². The number of ketones is 1. The first-order valence-corrected chi connectivity index (χ1v) is 10.8. The van der Waals surface area contributed by atoms with E-state index in [0.717, 1.165) is 17.7 Å². The van der Waals surface area contributed by atoms with Crippen molar-refractivity contribution < 1.29 is 22.8 Å². The minimum absolute atomic E-state index is 0.121. The van der Waals surface area contributed by atoms with Crippen molar-refractivity contribution >= 4 is 33.5 Å². The van der Waals surface area contributed by atoms with Gasteiger partial charge in [-0.05, 0) is 35.9 Å². The summed E-state index contributed by atoms with van der Waals surface area (Å²) >= 11 is 0. The molecule has 0 saturated carbocycles. The molecule has 4 aromatic carbocycles. The Balaban J connectivity index is 1.62. The van der Waals surface area contributed by atoms with E-state index in [4.69, 9.17) is 5.73 Å². The van der Waals surface area contributed by atoms with E-state index in [2.05, 4.69) is 6.07 Å². The SMILES string of the molecule is NC(=O)c1cccc2c1c1[c]cc(C(F)(F)F)cc1n2Cc1ccc(C(=O)c2ccccc2)cc1. The van der Waals surface area contributed by atoms with Crippen molar-refractivity contribution in [2.45, 2.75) is 12.7 Å². The Bertz CT molecular complexity index is 1580. The van der Waals surface area contributed by atoms with Gasteiger partial charge in [0.15, 0.2) is 5.78 Å². The zero-order valence-corrected chi connectivity index (χ0v) is 18.3. The number of nitrogens with two attached hydrogens (primary N) is 1. The quantitative estimate of drug-likeness (QED) is 0.320. The zero-order chi connectivity index (χ0) is 24.7. The summed E-state index contributed by atoms with van der Waals surface area (Å²) in [6, 6.07) is 25.4. The van der Waals surface area contributed by atoms with Crippen LogP contribution < -0.4 is 5.73 Å². The van der Waals surface area contributed by atoms with Crippen LogP contribution in [0.15, 0.2) is 84.9 Å². The standard InChI is InChI=1S/C28H18F3N2O2/c29-28(30,31)20-13-14-21-24(15-20)33(23-8-4-7-22(25(21)23)27(32)35)16-17-9-11-19(12-10-17)26(34)18-5-2-1-3-6-18/h1-13,15H,16H2,(H2,32,35). The highest BCUT2D eigenvalue weighted by molar-refractivity contribution is 6.17. The number of amides is 1. The Morgan fingerprint density at radius 2 is 1.54 bits per heavy atom. The number of fused-ring (bicyclic) bond motifs is 3. The molecule has 4 nitrogen and oxygen atoms in total. The monoisotopic (exact) mass is 471 g/mol. The fourth-order valence-corrected chi connectivity index (χ4v) is 4.30. The molecule has 0 aliphatic heterocycles. The van der Waals surface area contributed by atoms with E-state index >= 15 is 0 Å². The van der Waals surface area contributed by atoms with Gasteiger partial charge in [0.2, 0.25) is 5.91 Å². The lowest BCUT2D eigenvalue weighted by molar-refractivity contribution is -0.137. The van der Waals surface area contributed by atoms with Gasteiger partial charge in [-0.1, -0.05) is 60.7 Å². The maximum Gasteiger partial charge on any atom is 0.416 e. The van der Waals surface area contributed by atoms with Crippen LogP contribution in [0.2, 0.25) is 0 Å². The number of hydrogen-bond acceptors (Lipinski definition) is 2. The Hall–Kier alpha value is -4.39. The lowest BCUT2D eigenvalue weighted by atomic mass is 10.0. The Kier molecular flexibility index (Phi) is 5.40. The maximum absolute atomic E-state index is 13.5. The molecule has 5 rings (SSSR count). The third kappa shape index (κ3) is 4.05. The number of carbonyl (C=O) groups is 2. The molecule has 0 saturated heterocycles. The molecule has 0 aliphatic carbocycles. The van der Waals surface area contributed by atoms with E-state index in [0.29, 0.717) is 27.4 Å². The third-order valence-electron chi connectivity index (χ3n) is 5.98. The molecule has 2 N–H and O–H groups in total. The van der Waals surface area contributed by atoms with Crippen LogP contribution >= 0.6 is 0 Å². The van der Waals surface area contributed by atoms with Crippen molar-refractivity contribution in [2.75, 3.05) is 0 Å². The summed E-state index contributed by atoms with van der Waals surface area (Å²) in [4.78, 5) is 24.8. The summed E-state index contributed by atoms with van der Waals surface area (Å²) < 4.78 is 42.1. The van der Waals surface area contributed by atoms with Gasteiger partial charge in [-0.25, -0.2) is 0 Å². The van der Waals surface area contributed by atoms with Crippen molar-refractivity contribution in [2.24, 2.45) is 5.73 Å². The predicted octanol–water partition coefficient (Wildman–Crippen LogP) is 5.99. The largest absolute Gasteiger partial charge is 0.416 e. The molecule has 1 radical (unpaired) electrons. The highest BCUT2D eigenvalue weighted by Crippen LogP contribution is 2.36. The molecule has 0 fully saturated rings. The second kappa shape index (κ2) is 8.43. The van der Waals surface area contributed by atoms with Crippen LogP contribution in [0.4, 0.5) is 13.2 Å². The van der Waals surface area contributed by atoms with E-state index in [9.17, 15) is 22.8 Å². The highest BCUT2D eigenvalue weighted by atomic mass is 19.4. The van der Waals surface area contributed by atoms with Gasteiger partial charge in [-0.2, -0.15) is 13.2 Å². The normalized spacial score (nSPS) is 11.7. The molecule has 5 aromatic rings. The molecule has 0 spiro atoms. The van der Waals surface area contributed by atoms with Gasteiger partial charge in [-0.3, -0.25) is 9.59 Å². The molecular formula is C28H18F3N2O2. The Morgan fingerprint density at radius 3 is 2.20 bits per heavy atom. The van der Waals surface area contributed by atoms with Gasteiger partial charge >= 0.3 is 6.18 Å². The first-order chi connectivity index (χ1) is 16.7. The van der Waals surface area contributed by atoms with E-state index in [1.165, 1.54) is 0 Å². The zero-order valence-electron chi connectivity index (χ0n) is 18.3. The summed E-state index contributed by atoms with van der Waals surface area (Å²) in [7, 11) is 0. The third-order valence-corrected chi connectivity index (χ3v) is 5.98. The van der Waals surface area contributed by atoms with Crippen LogP contribution in [0.5, 0.6) is 0 Å². The molecule has 0 atom stereocenters. The number of benzene rings is 4. The Morgan fingerprint density at radius 1 is 0.857 bits per heavy atom. The number of rotatable bonds is 5. The minimum Gasteiger partial charge on any atom is -0.366 e. The van der Waals surface area contributed by atoms with Crippen LogP contribution in [0, 0.1) is 6.07 Å². The van der Waals surface area contributed by atoms with Crippen molar-refractivity contribution in [1.29, 1.82) is 0 Å². The van der Waals surface area contributed by atoms with Gasteiger partial charge in [0, 0.05) is 34.0 Å². The van der Waals surface area contributed by atoms with Crippen LogP contribution in [-0.4, -0.2) is 16.3 Å². The van der Waals surface area contributed by atoms with Gasteiger partial charge in [0.25, 0.3) is 0 Å². The van der Waals surface area contributed by atoms with E-state index in [1.807, 2.05) is 6.07 Å². The molecule has 35 heavy (non-hydrogen) atoms. The highest BCUT2D eigenvalue weighted by Gasteiger charge is 2.31. The van der Waals surface area contributed by atoms with Crippen LogP contribution in [0.25, 0.3) is 21.8 Å². The van der Waals surface area contributed by atoms with Crippen molar-refractivity contribution in [3.63, 3.8) is 0 Å². The number of nitrogens with zero attached hydrogens (tertiary/aromatic N) is 1. The number of alkyl halides is 3. The lowest BCUT2D eigenvalue weighted by Gasteiger charge is -2.11. The molecule has 0 unspecified atom stereocenters. The average Bonchev–Trinajstić information content (AvgIpc) is 3.17. The summed E-state index contributed by atoms with van der Waals surface area (Å²) in [5, 5.41) is 0.845. The molecule has 1 aromatic heterocycles. The topological polar surface area (TPSA) is 65.1 Å². The van der Waals surface area contributed by atoms with E-state index in [-0.39, 0.29) is 23.4 Å². The molecule has 0 bridgehead atoms. The number of primary amides is 1. The lowest BCUT2D eigenvalue weighted by Crippen LogP contribution is -2.11. The summed E-state index contributed by atoms with van der Waals surface area (Å²) in [5.41, 5.74) is 7.63. The number of hydrogen-bond donors (Lipinski definition) is 1. The number of aromatic nitrogens is 1. The Labute approximate surface area is 198 Å². The smallest absolute Gasteiger partial charge is 0.366 e. The minimum atomic E-state index is -4.54. The van der Waals surface area contributed by atoms with E-state index in [1.54, 1.807) is 71.3 Å². The van der Waals surface area contributed by atoms with Gasteiger partial charge in [0.1, 0.15) is 0 Å². The van der Waals surface area contributed by atoms with E-state index < -0.39 is 17.6 Å². The summed E-state index contributed by atoms with van der Waals surface area (Å²) in [6.45, 7) is 0.219. The molecule has 0 aliphatic rings. The molecule has 7 heteroatoms. The first kappa shape index (κ1) is 22.4. The van der Waals surface area contributed by atoms with Gasteiger partial charge < -0.3 is 10.3 Å². The second-order valence-electron chi connectivity index (χ2n) is 8.19. The van der Waals surface area contributed by atoms with Crippen LogP contribution in [0.3, 0.4) is 0 Å².